The summed E-state index contributed by atoms with van der Waals surface area (Å²) in [6, 6.07) is 8.49. The molecule has 1 aliphatic carbocycles. The molecule has 2 rings (SSSR count). The summed E-state index contributed by atoms with van der Waals surface area (Å²) < 4.78 is 5.40. The second kappa shape index (κ2) is 3.49. The molecule has 2 atom stereocenters. The van der Waals surface area contributed by atoms with Crippen LogP contribution in [0.5, 0.6) is 0 Å². The van der Waals surface area contributed by atoms with Crippen molar-refractivity contribution in [1.29, 1.82) is 0 Å². The van der Waals surface area contributed by atoms with Gasteiger partial charge < -0.3 is 4.74 Å². The van der Waals surface area contributed by atoms with Crippen molar-refractivity contribution >= 4 is 5.76 Å². The van der Waals surface area contributed by atoms with Crippen LogP contribution in [0.25, 0.3) is 5.76 Å². The monoisotopic (exact) mass is 188 g/mol. The molecule has 1 heteroatoms. The number of fused-ring (bicyclic) bond motifs is 1. The minimum atomic E-state index is 0.555. The quantitative estimate of drug-likeness (QED) is 0.656. The van der Waals surface area contributed by atoms with Gasteiger partial charge in [0.2, 0.25) is 0 Å². The van der Waals surface area contributed by atoms with E-state index in [-0.39, 0.29) is 0 Å². The average molecular weight is 188 g/mol. The van der Waals surface area contributed by atoms with Crippen molar-refractivity contribution in [2.24, 2.45) is 5.92 Å². The molecule has 0 unspecified atom stereocenters. The van der Waals surface area contributed by atoms with Crippen LogP contribution in [0.2, 0.25) is 0 Å². The molecule has 1 aromatic carbocycles. The summed E-state index contributed by atoms with van der Waals surface area (Å²) >= 11 is 0. The molecule has 0 saturated carbocycles. The lowest BCUT2D eigenvalue weighted by Crippen LogP contribution is -2.12. The Morgan fingerprint density at radius 1 is 1.14 bits per heavy atom. The number of benzene rings is 1. The van der Waals surface area contributed by atoms with E-state index in [2.05, 4.69) is 44.2 Å². The van der Waals surface area contributed by atoms with Gasteiger partial charge in [0.25, 0.3) is 0 Å². The molecule has 0 bridgehead atoms. The third-order valence-electron chi connectivity index (χ3n) is 3.14. The van der Waals surface area contributed by atoms with E-state index >= 15 is 0 Å². The predicted molar refractivity (Wildman–Crippen MR) is 59.0 cm³/mol. The molecular weight excluding hydrogens is 172 g/mol. The number of hydrogen-bond acceptors (Lipinski definition) is 1. The van der Waals surface area contributed by atoms with Crippen LogP contribution < -0.4 is 0 Å². The molecule has 0 aliphatic heterocycles. The van der Waals surface area contributed by atoms with Crippen molar-refractivity contribution in [3.05, 3.63) is 41.5 Å². The first-order valence-corrected chi connectivity index (χ1v) is 5.09. The number of hydrogen-bond donors (Lipinski definition) is 0. The zero-order valence-electron chi connectivity index (χ0n) is 8.95. The van der Waals surface area contributed by atoms with Crippen LogP contribution in [0, 0.1) is 5.92 Å². The highest BCUT2D eigenvalue weighted by molar-refractivity contribution is 5.66. The molecule has 0 aromatic heterocycles. The van der Waals surface area contributed by atoms with Gasteiger partial charge in [-0.15, -0.1) is 0 Å². The highest BCUT2D eigenvalue weighted by Crippen LogP contribution is 2.37. The summed E-state index contributed by atoms with van der Waals surface area (Å²) in [5.41, 5.74) is 2.65. The van der Waals surface area contributed by atoms with Crippen LogP contribution in [-0.4, -0.2) is 7.11 Å². The van der Waals surface area contributed by atoms with Crippen molar-refractivity contribution in [3.8, 4) is 0 Å². The first-order valence-electron chi connectivity index (χ1n) is 5.09. The van der Waals surface area contributed by atoms with Crippen LogP contribution >= 0.6 is 0 Å². The van der Waals surface area contributed by atoms with Gasteiger partial charge in [0.15, 0.2) is 0 Å². The maximum atomic E-state index is 5.40. The van der Waals surface area contributed by atoms with Gasteiger partial charge in [0, 0.05) is 5.56 Å². The Labute approximate surface area is 85.4 Å². The average Bonchev–Trinajstić information content (AvgIpc) is 2.23. The molecule has 0 fully saturated rings. The fraction of sp³-hybridized carbons (Fsp3) is 0.385. The van der Waals surface area contributed by atoms with Gasteiger partial charge in [-0.2, -0.15) is 0 Å². The normalized spacial score (nSPS) is 25.2. The summed E-state index contributed by atoms with van der Waals surface area (Å²) in [7, 11) is 1.74. The van der Waals surface area contributed by atoms with Crippen LogP contribution in [0.1, 0.15) is 30.9 Å². The van der Waals surface area contributed by atoms with Gasteiger partial charge in [-0.25, -0.2) is 0 Å². The molecule has 0 spiro atoms. The smallest absolute Gasteiger partial charge is 0.122 e. The van der Waals surface area contributed by atoms with Gasteiger partial charge in [0.1, 0.15) is 5.76 Å². The Bertz CT molecular complexity index is 365. The Hall–Kier alpha value is -1.24. The van der Waals surface area contributed by atoms with E-state index in [0.29, 0.717) is 11.8 Å². The largest absolute Gasteiger partial charge is 0.496 e. The third kappa shape index (κ3) is 1.33. The Morgan fingerprint density at radius 2 is 1.86 bits per heavy atom. The minimum Gasteiger partial charge on any atom is -0.496 e. The molecule has 1 aromatic rings. The molecule has 74 valence electrons. The van der Waals surface area contributed by atoms with Gasteiger partial charge in [-0.3, -0.25) is 0 Å². The van der Waals surface area contributed by atoms with E-state index in [1.54, 1.807) is 7.11 Å². The molecule has 14 heavy (non-hydrogen) atoms. The van der Waals surface area contributed by atoms with Crippen molar-refractivity contribution < 1.29 is 4.74 Å². The van der Waals surface area contributed by atoms with Crippen LogP contribution in [0.3, 0.4) is 0 Å². The lowest BCUT2D eigenvalue weighted by Gasteiger charge is -2.26. The van der Waals surface area contributed by atoms with Gasteiger partial charge in [0.05, 0.1) is 7.11 Å². The van der Waals surface area contributed by atoms with Crippen LogP contribution in [-0.2, 0) is 4.74 Å². The molecular formula is C13H16O. The number of ether oxygens (including phenoxy) is 1. The topological polar surface area (TPSA) is 9.23 Å². The molecule has 0 amide bonds. The van der Waals surface area contributed by atoms with E-state index in [4.69, 9.17) is 4.74 Å². The van der Waals surface area contributed by atoms with Gasteiger partial charge >= 0.3 is 0 Å². The lowest BCUT2D eigenvalue weighted by molar-refractivity contribution is 0.360. The second-order valence-corrected chi connectivity index (χ2v) is 3.97. The molecule has 0 saturated heterocycles. The van der Waals surface area contributed by atoms with Crippen molar-refractivity contribution in [1.82, 2.24) is 0 Å². The van der Waals surface area contributed by atoms with Crippen LogP contribution in [0.4, 0.5) is 0 Å². The third-order valence-corrected chi connectivity index (χ3v) is 3.14. The summed E-state index contributed by atoms with van der Waals surface area (Å²) in [6.45, 7) is 4.51. The summed E-state index contributed by atoms with van der Waals surface area (Å²) in [4.78, 5) is 0. The first-order chi connectivity index (χ1) is 6.74. The zero-order valence-corrected chi connectivity index (χ0v) is 8.95. The summed E-state index contributed by atoms with van der Waals surface area (Å²) in [5.74, 6) is 2.16. The number of methoxy groups -OCH3 is 1. The van der Waals surface area contributed by atoms with E-state index in [1.807, 2.05) is 0 Å². The Morgan fingerprint density at radius 3 is 2.57 bits per heavy atom. The number of allylic oxidation sites excluding steroid dienone is 1. The minimum absolute atomic E-state index is 0.555. The van der Waals surface area contributed by atoms with Crippen LogP contribution in [0.15, 0.2) is 30.3 Å². The lowest BCUT2D eigenvalue weighted by atomic mass is 9.81. The summed E-state index contributed by atoms with van der Waals surface area (Å²) in [5, 5.41) is 0. The highest BCUT2D eigenvalue weighted by atomic mass is 16.5. The molecule has 0 heterocycles. The summed E-state index contributed by atoms with van der Waals surface area (Å²) in [6.07, 6.45) is 2.22. The first kappa shape index (κ1) is 9.32. The maximum Gasteiger partial charge on any atom is 0.122 e. The Balaban J connectivity index is 2.55. The predicted octanol–water partition coefficient (Wildman–Crippen LogP) is 3.43. The second-order valence-electron chi connectivity index (χ2n) is 3.97. The Kier molecular flexibility index (Phi) is 2.32. The fourth-order valence-electron chi connectivity index (χ4n) is 2.05. The van der Waals surface area contributed by atoms with E-state index in [0.717, 1.165) is 5.76 Å². The van der Waals surface area contributed by atoms with E-state index < -0.39 is 0 Å². The van der Waals surface area contributed by atoms with Crippen molar-refractivity contribution in [2.45, 2.75) is 19.8 Å². The maximum absolute atomic E-state index is 5.40. The standard InChI is InChI=1S/C13H16O/c1-9-8-13(14-3)12-7-5-4-6-11(12)10(9)2/h4-10H,1-3H3/t9-,10-/m0/s1. The fourth-order valence-corrected chi connectivity index (χ4v) is 2.05. The SMILES string of the molecule is COC1=C[C@H](C)[C@H](C)c2ccccc21. The van der Waals surface area contributed by atoms with Crippen molar-refractivity contribution in [3.63, 3.8) is 0 Å². The van der Waals surface area contributed by atoms with Gasteiger partial charge in [-0.1, -0.05) is 38.1 Å². The molecule has 1 nitrogen and oxygen atoms in total. The zero-order chi connectivity index (χ0) is 10.1. The number of rotatable bonds is 1. The highest BCUT2D eigenvalue weighted by Gasteiger charge is 2.23. The van der Waals surface area contributed by atoms with Gasteiger partial charge in [-0.05, 0) is 23.5 Å². The molecule has 0 radical (unpaired) electrons. The van der Waals surface area contributed by atoms with Crippen molar-refractivity contribution in [2.75, 3.05) is 7.11 Å². The van der Waals surface area contributed by atoms with E-state index in [1.165, 1.54) is 11.1 Å². The molecule has 0 N–H and O–H groups in total. The molecule has 1 aliphatic rings. The van der Waals surface area contributed by atoms with E-state index in [9.17, 15) is 0 Å².